The molecule has 0 spiro atoms. The number of carbonyl (C=O) groups excluding carboxylic acids is 1. The van der Waals surface area contributed by atoms with E-state index in [1.807, 2.05) is 18.2 Å². The zero-order chi connectivity index (χ0) is 13.7. The number of fused-ring (bicyclic) bond motifs is 1. The second-order valence-corrected chi connectivity index (χ2v) is 4.18. The summed E-state index contributed by atoms with van der Waals surface area (Å²) in [4.78, 5) is 24.5. The van der Waals surface area contributed by atoms with Gasteiger partial charge in [-0.3, -0.25) is 9.59 Å². The van der Waals surface area contributed by atoms with Gasteiger partial charge in [0.05, 0.1) is 0 Å². The Morgan fingerprint density at radius 3 is 2.95 bits per heavy atom. The van der Waals surface area contributed by atoms with Crippen LogP contribution in [0.25, 0.3) is 10.8 Å². The average molecular weight is 254 g/mol. The third kappa shape index (κ3) is 3.71. The molecule has 19 heavy (non-hydrogen) atoms. The van der Waals surface area contributed by atoms with E-state index in [1.54, 1.807) is 12.3 Å². The summed E-state index contributed by atoms with van der Waals surface area (Å²) in [6.45, 7) is 2.03. The Labute approximate surface area is 110 Å². The fourth-order valence-electron chi connectivity index (χ4n) is 1.71. The van der Waals surface area contributed by atoms with Crippen LogP contribution in [-0.4, -0.2) is 17.4 Å². The summed E-state index contributed by atoms with van der Waals surface area (Å²) in [5, 5.41) is 4.53. The van der Waals surface area contributed by atoms with Gasteiger partial charge in [-0.15, -0.1) is 0 Å². The average Bonchev–Trinajstić information content (AvgIpc) is 2.37. The van der Waals surface area contributed by atoms with Gasteiger partial charge in [-0.2, -0.15) is 0 Å². The normalized spacial score (nSPS) is 9.74. The number of H-pyrrole nitrogens is 1. The number of pyridine rings is 1. The molecule has 2 rings (SSSR count). The number of rotatable bonds is 2. The summed E-state index contributed by atoms with van der Waals surface area (Å²) < 4.78 is 0. The largest absolute Gasteiger partial charge is 0.355 e. The van der Waals surface area contributed by atoms with Crippen molar-refractivity contribution in [3.8, 4) is 11.8 Å². The quantitative estimate of drug-likeness (QED) is 0.628. The Balaban J connectivity index is 2.11. The lowest BCUT2D eigenvalue weighted by Gasteiger charge is -1.97. The number of hydrogen-bond acceptors (Lipinski definition) is 2. The van der Waals surface area contributed by atoms with E-state index in [9.17, 15) is 9.59 Å². The van der Waals surface area contributed by atoms with Crippen molar-refractivity contribution in [2.75, 3.05) is 6.54 Å². The van der Waals surface area contributed by atoms with Gasteiger partial charge in [0.25, 0.3) is 0 Å². The van der Waals surface area contributed by atoms with Crippen LogP contribution < -0.4 is 10.9 Å². The summed E-state index contributed by atoms with van der Waals surface area (Å²) in [5.41, 5.74) is 0.740. The molecule has 0 fully saturated rings. The fourth-order valence-corrected chi connectivity index (χ4v) is 1.71. The predicted octanol–water partition coefficient (Wildman–Crippen LogP) is 1.41. The summed E-state index contributed by atoms with van der Waals surface area (Å²) in [5.74, 6) is 5.95. The number of carbonyl (C=O) groups is 1. The highest BCUT2D eigenvalue weighted by molar-refractivity contribution is 5.82. The smallest absolute Gasteiger partial charge is 0.248 e. The molecular weight excluding hydrogens is 240 g/mol. The third-order valence-electron chi connectivity index (χ3n) is 2.60. The van der Waals surface area contributed by atoms with Gasteiger partial charge in [0.15, 0.2) is 0 Å². The van der Waals surface area contributed by atoms with E-state index in [4.69, 9.17) is 0 Å². The molecule has 1 aromatic carbocycles. The highest BCUT2D eigenvalue weighted by Crippen LogP contribution is 2.12. The minimum Gasteiger partial charge on any atom is -0.355 e. The molecule has 96 valence electrons. The molecule has 2 aromatic rings. The maximum Gasteiger partial charge on any atom is 0.248 e. The zero-order valence-corrected chi connectivity index (χ0v) is 10.6. The standard InChI is InChI=1S/C15H14N2O2/c1-11(18)16-7-3-2-4-12-5-6-13-10-17-15(19)9-14(13)8-12/h5-6,8-10H,3,7H2,1H3,(H,16,18)(H,17,19). The molecule has 0 saturated heterocycles. The van der Waals surface area contributed by atoms with Crippen LogP contribution in [0.3, 0.4) is 0 Å². The van der Waals surface area contributed by atoms with Crippen molar-refractivity contribution in [2.45, 2.75) is 13.3 Å². The van der Waals surface area contributed by atoms with E-state index in [-0.39, 0.29) is 11.5 Å². The summed E-state index contributed by atoms with van der Waals surface area (Å²) in [7, 11) is 0. The van der Waals surface area contributed by atoms with Gasteiger partial charge < -0.3 is 10.3 Å². The first kappa shape index (κ1) is 12.9. The van der Waals surface area contributed by atoms with E-state index < -0.39 is 0 Å². The minimum absolute atomic E-state index is 0.0493. The molecule has 4 heteroatoms. The highest BCUT2D eigenvalue weighted by atomic mass is 16.1. The zero-order valence-electron chi connectivity index (χ0n) is 10.6. The lowest BCUT2D eigenvalue weighted by Crippen LogP contribution is -2.20. The first-order chi connectivity index (χ1) is 9.15. The van der Waals surface area contributed by atoms with Crippen molar-refractivity contribution in [3.05, 3.63) is 46.4 Å². The summed E-state index contributed by atoms with van der Waals surface area (Å²) >= 11 is 0. The SMILES string of the molecule is CC(=O)NCCC#Cc1ccc2c[nH]c(=O)cc2c1. The second kappa shape index (κ2) is 5.87. The van der Waals surface area contributed by atoms with Gasteiger partial charge in [-0.05, 0) is 22.9 Å². The predicted molar refractivity (Wildman–Crippen MR) is 74.7 cm³/mol. The van der Waals surface area contributed by atoms with E-state index in [0.29, 0.717) is 13.0 Å². The number of aromatic amines is 1. The number of nitrogens with one attached hydrogen (secondary N) is 2. The van der Waals surface area contributed by atoms with Gasteiger partial charge >= 0.3 is 0 Å². The van der Waals surface area contributed by atoms with Gasteiger partial charge in [-0.25, -0.2) is 0 Å². The van der Waals surface area contributed by atoms with Crippen molar-refractivity contribution in [2.24, 2.45) is 0 Å². The molecule has 4 nitrogen and oxygen atoms in total. The molecule has 1 amide bonds. The van der Waals surface area contributed by atoms with Crippen molar-refractivity contribution in [1.29, 1.82) is 0 Å². The van der Waals surface area contributed by atoms with E-state index in [2.05, 4.69) is 22.1 Å². The van der Waals surface area contributed by atoms with Crippen molar-refractivity contribution in [3.63, 3.8) is 0 Å². The molecule has 1 aromatic heterocycles. The van der Waals surface area contributed by atoms with Crippen molar-refractivity contribution >= 4 is 16.7 Å². The highest BCUT2D eigenvalue weighted by Gasteiger charge is 1.95. The first-order valence-electron chi connectivity index (χ1n) is 6.01. The lowest BCUT2D eigenvalue weighted by molar-refractivity contribution is -0.118. The monoisotopic (exact) mass is 254 g/mol. The molecule has 1 heterocycles. The number of aromatic nitrogens is 1. The Morgan fingerprint density at radius 1 is 1.32 bits per heavy atom. The molecule has 0 aliphatic heterocycles. The number of amides is 1. The molecule has 0 aliphatic carbocycles. The van der Waals surface area contributed by atoms with Crippen LogP contribution in [0, 0.1) is 11.8 Å². The molecule has 0 radical (unpaired) electrons. The van der Waals surface area contributed by atoms with Crippen LogP contribution in [0.4, 0.5) is 0 Å². The van der Waals surface area contributed by atoms with E-state index >= 15 is 0 Å². The topological polar surface area (TPSA) is 62.0 Å². The summed E-state index contributed by atoms with van der Waals surface area (Å²) in [6, 6.07) is 7.27. The van der Waals surface area contributed by atoms with Crippen LogP contribution in [-0.2, 0) is 4.79 Å². The fraction of sp³-hybridized carbons (Fsp3) is 0.200. The van der Waals surface area contributed by atoms with E-state index in [1.165, 1.54) is 6.92 Å². The third-order valence-corrected chi connectivity index (χ3v) is 2.60. The van der Waals surface area contributed by atoms with Crippen LogP contribution in [0.15, 0.2) is 35.3 Å². The molecule has 2 N–H and O–H groups in total. The minimum atomic E-state index is -0.122. The van der Waals surface area contributed by atoms with Gasteiger partial charge in [-0.1, -0.05) is 17.9 Å². The van der Waals surface area contributed by atoms with Gasteiger partial charge in [0.1, 0.15) is 0 Å². The summed E-state index contributed by atoms with van der Waals surface area (Å²) in [6.07, 6.45) is 2.29. The Hall–Kier alpha value is -2.54. The van der Waals surface area contributed by atoms with Crippen LogP contribution in [0.1, 0.15) is 18.9 Å². The van der Waals surface area contributed by atoms with Crippen molar-refractivity contribution in [1.82, 2.24) is 10.3 Å². The Morgan fingerprint density at radius 2 is 2.16 bits per heavy atom. The lowest BCUT2D eigenvalue weighted by atomic mass is 10.1. The molecule has 0 bridgehead atoms. The molecule has 0 aliphatic rings. The number of hydrogen-bond donors (Lipinski definition) is 2. The van der Waals surface area contributed by atoms with Crippen LogP contribution >= 0.6 is 0 Å². The molecule has 0 saturated carbocycles. The van der Waals surface area contributed by atoms with Gasteiger partial charge in [0.2, 0.25) is 11.5 Å². The Bertz CT molecular complexity index is 720. The maximum absolute atomic E-state index is 11.2. The maximum atomic E-state index is 11.2. The van der Waals surface area contributed by atoms with Crippen molar-refractivity contribution < 1.29 is 4.79 Å². The molecule has 0 atom stereocenters. The Kier molecular flexibility index (Phi) is 3.99. The first-order valence-corrected chi connectivity index (χ1v) is 6.01. The molecular formula is C15H14N2O2. The number of benzene rings is 1. The molecule has 0 unspecified atom stereocenters. The van der Waals surface area contributed by atoms with Gasteiger partial charge in [0, 0.05) is 37.7 Å². The van der Waals surface area contributed by atoms with E-state index in [0.717, 1.165) is 16.3 Å². The van der Waals surface area contributed by atoms with Crippen LogP contribution in [0.5, 0.6) is 0 Å². The van der Waals surface area contributed by atoms with Crippen LogP contribution in [0.2, 0.25) is 0 Å². The second-order valence-electron chi connectivity index (χ2n) is 4.18.